The van der Waals surface area contributed by atoms with Crippen LogP contribution in [-0.4, -0.2) is 0 Å². The number of allylic oxidation sites excluding steroid dienone is 5. The van der Waals surface area contributed by atoms with Crippen molar-refractivity contribution in [2.24, 2.45) is 0 Å². The van der Waals surface area contributed by atoms with E-state index in [1.54, 1.807) is 0 Å². The molecule has 12 rings (SSSR count). The molecule has 1 unspecified atom stereocenters. The largest absolute Gasteiger partial charge is 0.311 e. The molecule has 0 radical (unpaired) electrons. The van der Waals surface area contributed by atoms with Crippen LogP contribution in [0.25, 0.3) is 64.7 Å². The number of thiophene rings is 1. The number of fused-ring (bicyclic) bond motifs is 11. The van der Waals surface area contributed by atoms with Crippen molar-refractivity contribution in [3.8, 4) is 33.4 Å². The van der Waals surface area contributed by atoms with E-state index < -0.39 is 5.41 Å². The SMILES string of the molecule is C=C/C=C\C1=C(c2ccc(N(c3ccc(-c4ccccc4)cc3)c3ccc(-c4ccccc4)cc3)cc2)C2(c3ccccc31)c1ccccc1-c1c2ccc2sc3ccccc3c12. The fourth-order valence-corrected chi connectivity index (χ4v) is 11.6. The average Bonchev–Trinajstić information content (AvgIpc) is 3.98. The molecule has 0 fully saturated rings. The predicted octanol–water partition coefficient (Wildman–Crippen LogP) is 16.8. The Morgan fingerprint density at radius 3 is 1.51 bits per heavy atom. The standard InChI is InChI=1S/C61H41NS/c1-2-3-20-50-49-21-10-13-24-53(49)61(54-25-14-11-22-51(54)58-55(61)39-40-57-59(58)52-23-12-15-26-56(52)63-57)60(50)45-31-37-48(38-32-45)62(46-33-27-43(28-34-46)41-16-6-4-7-17-41)47-35-29-44(30-36-47)42-18-8-5-9-19-42/h2-40H,1H2/b20-3-. The number of hydrogen-bond acceptors (Lipinski definition) is 2. The molecule has 63 heavy (non-hydrogen) atoms. The van der Waals surface area contributed by atoms with Crippen molar-refractivity contribution in [2.75, 3.05) is 4.90 Å². The second-order valence-corrected chi connectivity index (χ2v) is 17.5. The van der Waals surface area contributed by atoms with Crippen molar-refractivity contribution in [2.45, 2.75) is 5.41 Å². The van der Waals surface area contributed by atoms with E-state index in [9.17, 15) is 0 Å². The highest BCUT2D eigenvalue weighted by Gasteiger charge is 2.53. The molecular formula is C61H41NS. The van der Waals surface area contributed by atoms with Crippen LogP contribution in [0.4, 0.5) is 17.1 Å². The summed E-state index contributed by atoms with van der Waals surface area (Å²) in [5.74, 6) is 0. The first-order chi connectivity index (χ1) is 31.2. The third-order valence-electron chi connectivity index (χ3n) is 13.1. The first-order valence-corrected chi connectivity index (χ1v) is 22.4. The molecule has 296 valence electrons. The van der Waals surface area contributed by atoms with Gasteiger partial charge in [-0.1, -0.05) is 195 Å². The van der Waals surface area contributed by atoms with Crippen LogP contribution in [0.1, 0.15) is 27.8 Å². The Morgan fingerprint density at radius 1 is 0.413 bits per heavy atom. The van der Waals surface area contributed by atoms with Crippen molar-refractivity contribution in [3.05, 3.63) is 271 Å². The second-order valence-electron chi connectivity index (χ2n) is 16.4. The highest BCUT2D eigenvalue weighted by molar-refractivity contribution is 7.26. The minimum atomic E-state index is -0.539. The Morgan fingerprint density at radius 2 is 0.905 bits per heavy atom. The lowest BCUT2D eigenvalue weighted by molar-refractivity contribution is 0.843. The van der Waals surface area contributed by atoms with Crippen LogP contribution in [0.3, 0.4) is 0 Å². The Kier molecular flexibility index (Phi) is 8.81. The molecule has 1 spiro atoms. The normalized spacial score (nSPS) is 15.0. The van der Waals surface area contributed by atoms with E-state index in [0.29, 0.717) is 0 Å². The fourth-order valence-electron chi connectivity index (χ4n) is 10.5. The summed E-state index contributed by atoms with van der Waals surface area (Å²) in [7, 11) is 0. The maximum Gasteiger partial charge on any atom is 0.0731 e. The van der Waals surface area contributed by atoms with Crippen LogP contribution in [0.15, 0.2) is 243 Å². The Bertz CT molecular complexity index is 3340. The molecule has 1 nitrogen and oxygen atoms in total. The predicted molar refractivity (Wildman–Crippen MR) is 269 cm³/mol. The summed E-state index contributed by atoms with van der Waals surface area (Å²) in [4.78, 5) is 2.37. The molecule has 0 bridgehead atoms. The molecule has 0 N–H and O–H groups in total. The van der Waals surface area contributed by atoms with E-state index in [1.165, 1.54) is 92.5 Å². The van der Waals surface area contributed by atoms with Gasteiger partial charge in [0.25, 0.3) is 0 Å². The molecule has 1 atom stereocenters. The summed E-state index contributed by atoms with van der Waals surface area (Å²) in [6.45, 7) is 4.11. The van der Waals surface area contributed by atoms with Gasteiger partial charge in [-0.2, -0.15) is 0 Å². The molecule has 9 aromatic carbocycles. The molecule has 0 amide bonds. The van der Waals surface area contributed by atoms with Crippen LogP contribution in [0.2, 0.25) is 0 Å². The number of rotatable bonds is 8. The number of benzene rings is 9. The van der Waals surface area contributed by atoms with E-state index in [0.717, 1.165) is 17.1 Å². The topological polar surface area (TPSA) is 3.24 Å². The van der Waals surface area contributed by atoms with E-state index in [1.807, 2.05) is 17.4 Å². The maximum absolute atomic E-state index is 4.11. The Hall–Kier alpha value is -7.78. The average molecular weight is 820 g/mol. The first-order valence-electron chi connectivity index (χ1n) is 21.6. The van der Waals surface area contributed by atoms with Crippen LogP contribution in [0, 0.1) is 0 Å². The zero-order valence-electron chi connectivity index (χ0n) is 34.6. The molecule has 2 heteroatoms. The summed E-state index contributed by atoms with van der Waals surface area (Å²) < 4.78 is 2.64. The number of anilines is 3. The van der Waals surface area contributed by atoms with Gasteiger partial charge in [0.15, 0.2) is 0 Å². The fraction of sp³-hybridized carbons (Fsp3) is 0.0164. The van der Waals surface area contributed by atoms with E-state index in [2.05, 4.69) is 242 Å². The Balaban J connectivity index is 1.06. The van der Waals surface area contributed by atoms with Crippen LogP contribution in [-0.2, 0) is 5.41 Å². The van der Waals surface area contributed by atoms with Crippen molar-refractivity contribution in [1.82, 2.24) is 0 Å². The molecule has 1 aromatic heterocycles. The van der Waals surface area contributed by atoms with Gasteiger partial charge in [-0.15, -0.1) is 11.3 Å². The van der Waals surface area contributed by atoms with Gasteiger partial charge >= 0.3 is 0 Å². The van der Waals surface area contributed by atoms with Crippen molar-refractivity contribution >= 4 is 59.7 Å². The minimum absolute atomic E-state index is 0.539. The molecule has 0 saturated carbocycles. The lowest BCUT2D eigenvalue weighted by Crippen LogP contribution is -2.26. The highest BCUT2D eigenvalue weighted by Crippen LogP contribution is 2.66. The summed E-state index contributed by atoms with van der Waals surface area (Å²) in [5, 5.41) is 2.68. The smallest absolute Gasteiger partial charge is 0.0731 e. The highest BCUT2D eigenvalue weighted by atomic mass is 32.1. The molecule has 0 saturated heterocycles. The van der Waals surface area contributed by atoms with Gasteiger partial charge in [-0.25, -0.2) is 0 Å². The lowest BCUT2D eigenvalue weighted by Gasteiger charge is -2.33. The maximum atomic E-state index is 4.11. The monoisotopic (exact) mass is 819 g/mol. The van der Waals surface area contributed by atoms with Crippen molar-refractivity contribution in [1.29, 1.82) is 0 Å². The van der Waals surface area contributed by atoms with Crippen LogP contribution in [0.5, 0.6) is 0 Å². The summed E-state index contributed by atoms with van der Waals surface area (Å²) >= 11 is 1.89. The van der Waals surface area contributed by atoms with E-state index in [4.69, 9.17) is 0 Å². The van der Waals surface area contributed by atoms with Crippen LogP contribution >= 0.6 is 11.3 Å². The lowest BCUT2D eigenvalue weighted by atomic mass is 9.67. The van der Waals surface area contributed by atoms with Gasteiger partial charge in [0.05, 0.1) is 5.41 Å². The van der Waals surface area contributed by atoms with Gasteiger partial charge in [-0.3, -0.25) is 0 Å². The zero-order valence-corrected chi connectivity index (χ0v) is 35.4. The summed E-state index contributed by atoms with van der Waals surface area (Å²) in [6, 6.07) is 80.3. The zero-order chi connectivity index (χ0) is 41.9. The molecule has 0 aliphatic heterocycles. The van der Waals surface area contributed by atoms with Gasteiger partial charge in [0.1, 0.15) is 0 Å². The third-order valence-corrected chi connectivity index (χ3v) is 14.2. The molecule has 1 heterocycles. The number of nitrogens with zero attached hydrogens (tertiary/aromatic N) is 1. The van der Waals surface area contributed by atoms with Crippen molar-refractivity contribution in [3.63, 3.8) is 0 Å². The second kappa shape index (κ2) is 15.0. The van der Waals surface area contributed by atoms with Gasteiger partial charge < -0.3 is 4.90 Å². The summed E-state index contributed by atoms with van der Waals surface area (Å²) in [5.41, 5.74) is 19.1. The summed E-state index contributed by atoms with van der Waals surface area (Å²) in [6.07, 6.45) is 6.26. The van der Waals surface area contributed by atoms with E-state index >= 15 is 0 Å². The van der Waals surface area contributed by atoms with Gasteiger partial charge in [-0.05, 0) is 121 Å². The quantitative estimate of drug-likeness (QED) is 0.138. The van der Waals surface area contributed by atoms with E-state index in [-0.39, 0.29) is 0 Å². The Labute approximate surface area is 372 Å². The first kappa shape index (κ1) is 37.0. The third kappa shape index (κ3) is 5.76. The minimum Gasteiger partial charge on any atom is -0.311 e. The molecule has 2 aliphatic carbocycles. The van der Waals surface area contributed by atoms with Crippen LogP contribution < -0.4 is 4.90 Å². The van der Waals surface area contributed by atoms with Gasteiger partial charge in [0, 0.05) is 37.2 Å². The molecule has 2 aliphatic rings. The molecular weight excluding hydrogens is 779 g/mol. The van der Waals surface area contributed by atoms with Crippen molar-refractivity contribution < 1.29 is 0 Å². The number of hydrogen-bond donors (Lipinski definition) is 0. The molecule has 10 aromatic rings. The van der Waals surface area contributed by atoms with Gasteiger partial charge in [0.2, 0.25) is 0 Å².